The van der Waals surface area contributed by atoms with Crippen molar-refractivity contribution in [2.45, 2.75) is 24.9 Å². The van der Waals surface area contributed by atoms with Crippen LogP contribution >= 0.6 is 0 Å². The number of hydrogen-bond donors (Lipinski definition) is 3. The highest BCUT2D eigenvalue weighted by atomic mass is 16.5. The quantitative estimate of drug-likeness (QED) is 0.283. The third kappa shape index (κ3) is 5.99. The van der Waals surface area contributed by atoms with Crippen molar-refractivity contribution in [3.63, 3.8) is 0 Å². The lowest BCUT2D eigenvalue weighted by atomic mass is 9.98. The molecule has 5 rings (SSSR count). The second kappa shape index (κ2) is 11.6. The van der Waals surface area contributed by atoms with Gasteiger partial charge >= 0.3 is 12.1 Å². The summed E-state index contributed by atoms with van der Waals surface area (Å²) in [6.45, 7) is 0.448. The summed E-state index contributed by atoms with van der Waals surface area (Å²) in [6.07, 6.45) is -0.680. The highest BCUT2D eigenvalue weighted by Gasteiger charge is 2.29. The van der Waals surface area contributed by atoms with Crippen LogP contribution in [0.2, 0.25) is 0 Å². The van der Waals surface area contributed by atoms with Crippen LogP contribution in [-0.4, -0.2) is 35.7 Å². The number of carboxylic acid groups (broad SMARTS) is 1. The number of ether oxygens (including phenoxy) is 1. The topological polar surface area (TPSA) is 105 Å². The number of aliphatic carboxylic acids is 1. The van der Waals surface area contributed by atoms with Gasteiger partial charge in [-0.15, -0.1) is 0 Å². The second-order valence-corrected chi connectivity index (χ2v) is 9.43. The fourth-order valence-corrected chi connectivity index (χ4v) is 4.89. The Morgan fingerprint density at radius 1 is 0.744 bits per heavy atom. The molecule has 7 heteroatoms. The molecule has 0 radical (unpaired) electrons. The van der Waals surface area contributed by atoms with Crippen molar-refractivity contribution in [3.05, 3.63) is 131 Å². The molecule has 0 aromatic heterocycles. The molecule has 196 valence electrons. The standard InChI is InChI=1S/C32H28N2O5/c35-30(23-8-2-1-3-9-23)33-19-22-16-14-21(15-17-22)18-29(31(36)37)34-32(38)39-20-28-26-12-6-4-10-24(26)25-11-5-7-13-27(25)28/h1-17,28-29H,18-20H2,(H,33,35)(H,34,38)(H,36,37)/t29-/m0/s1. The summed E-state index contributed by atoms with van der Waals surface area (Å²) in [5.41, 5.74) is 6.60. The normalized spacial score (nSPS) is 12.6. The van der Waals surface area contributed by atoms with Gasteiger partial charge in [-0.05, 0) is 45.5 Å². The van der Waals surface area contributed by atoms with Crippen LogP contribution in [0.3, 0.4) is 0 Å². The number of amides is 2. The second-order valence-electron chi connectivity index (χ2n) is 9.43. The van der Waals surface area contributed by atoms with Crippen molar-refractivity contribution in [3.8, 4) is 11.1 Å². The third-order valence-corrected chi connectivity index (χ3v) is 6.89. The maximum Gasteiger partial charge on any atom is 0.407 e. The smallest absolute Gasteiger partial charge is 0.407 e. The predicted molar refractivity (Wildman–Crippen MR) is 147 cm³/mol. The molecule has 0 aliphatic heterocycles. The summed E-state index contributed by atoms with van der Waals surface area (Å²) < 4.78 is 5.51. The molecule has 0 bridgehead atoms. The minimum absolute atomic E-state index is 0.0934. The Balaban J connectivity index is 1.15. The van der Waals surface area contributed by atoms with E-state index >= 15 is 0 Å². The molecule has 0 fully saturated rings. The zero-order valence-electron chi connectivity index (χ0n) is 21.2. The van der Waals surface area contributed by atoms with Crippen LogP contribution in [0.25, 0.3) is 11.1 Å². The van der Waals surface area contributed by atoms with Gasteiger partial charge in [-0.1, -0.05) is 91.0 Å². The molecule has 1 atom stereocenters. The number of nitrogens with one attached hydrogen (secondary N) is 2. The van der Waals surface area contributed by atoms with Gasteiger partial charge in [0.15, 0.2) is 0 Å². The van der Waals surface area contributed by atoms with Crippen molar-refractivity contribution in [2.75, 3.05) is 6.61 Å². The van der Waals surface area contributed by atoms with E-state index in [1.807, 2.05) is 54.6 Å². The molecule has 0 saturated carbocycles. The Labute approximate surface area is 226 Å². The molecule has 39 heavy (non-hydrogen) atoms. The highest BCUT2D eigenvalue weighted by Crippen LogP contribution is 2.44. The van der Waals surface area contributed by atoms with Gasteiger partial charge in [0.1, 0.15) is 12.6 Å². The van der Waals surface area contributed by atoms with Crippen molar-refractivity contribution in [1.82, 2.24) is 10.6 Å². The van der Waals surface area contributed by atoms with Gasteiger partial charge in [0, 0.05) is 24.4 Å². The van der Waals surface area contributed by atoms with Gasteiger partial charge in [0.05, 0.1) is 0 Å². The molecule has 2 amide bonds. The molecule has 0 heterocycles. The number of alkyl carbamates (subject to hydrolysis) is 1. The van der Waals surface area contributed by atoms with E-state index in [-0.39, 0.29) is 24.9 Å². The lowest BCUT2D eigenvalue weighted by Gasteiger charge is -2.17. The SMILES string of the molecule is O=C(N[C@@H](Cc1ccc(CNC(=O)c2ccccc2)cc1)C(=O)O)OCC1c2ccccc2-c2ccccc21. The molecule has 4 aromatic rings. The van der Waals surface area contributed by atoms with E-state index in [9.17, 15) is 19.5 Å². The number of carbonyl (C=O) groups excluding carboxylic acids is 2. The molecular formula is C32H28N2O5. The molecule has 0 unspecified atom stereocenters. The Hall–Kier alpha value is -4.91. The fourth-order valence-electron chi connectivity index (χ4n) is 4.89. The van der Waals surface area contributed by atoms with E-state index in [0.717, 1.165) is 33.4 Å². The Kier molecular flexibility index (Phi) is 7.68. The Morgan fingerprint density at radius 3 is 1.92 bits per heavy atom. The van der Waals surface area contributed by atoms with Crippen LogP contribution < -0.4 is 10.6 Å². The van der Waals surface area contributed by atoms with Gasteiger partial charge in [0.25, 0.3) is 5.91 Å². The zero-order valence-corrected chi connectivity index (χ0v) is 21.2. The van der Waals surface area contributed by atoms with Crippen LogP contribution in [0, 0.1) is 0 Å². The van der Waals surface area contributed by atoms with Crippen molar-refractivity contribution < 1.29 is 24.2 Å². The van der Waals surface area contributed by atoms with Crippen molar-refractivity contribution in [2.24, 2.45) is 0 Å². The van der Waals surface area contributed by atoms with Crippen LogP contribution in [-0.2, 0) is 22.5 Å². The lowest BCUT2D eigenvalue weighted by Crippen LogP contribution is -2.42. The number of benzene rings is 4. The molecule has 4 aromatic carbocycles. The molecular weight excluding hydrogens is 492 g/mol. The molecule has 0 saturated heterocycles. The van der Waals surface area contributed by atoms with Crippen molar-refractivity contribution >= 4 is 18.0 Å². The first-order valence-electron chi connectivity index (χ1n) is 12.7. The Morgan fingerprint density at radius 2 is 1.31 bits per heavy atom. The van der Waals surface area contributed by atoms with E-state index in [1.54, 1.807) is 36.4 Å². The first-order chi connectivity index (χ1) is 19.0. The van der Waals surface area contributed by atoms with Gasteiger partial charge < -0.3 is 20.5 Å². The maximum atomic E-state index is 12.6. The van der Waals surface area contributed by atoms with E-state index in [4.69, 9.17) is 4.74 Å². The largest absolute Gasteiger partial charge is 0.480 e. The predicted octanol–water partition coefficient (Wildman–Crippen LogP) is 5.15. The number of carboxylic acids is 1. The summed E-state index contributed by atoms with van der Waals surface area (Å²) in [5, 5.41) is 15.1. The van der Waals surface area contributed by atoms with Gasteiger partial charge in [0.2, 0.25) is 0 Å². The van der Waals surface area contributed by atoms with Gasteiger partial charge in [-0.2, -0.15) is 0 Å². The van der Waals surface area contributed by atoms with Crippen LogP contribution in [0.5, 0.6) is 0 Å². The maximum absolute atomic E-state index is 12.6. The molecule has 1 aliphatic rings. The van der Waals surface area contributed by atoms with E-state index < -0.39 is 18.1 Å². The lowest BCUT2D eigenvalue weighted by molar-refractivity contribution is -0.139. The first kappa shape index (κ1) is 25.7. The minimum atomic E-state index is -1.15. The summed E-state index contributed by atoms with van der Waals surface area (Å²) >= 11 is 0. The number of rotatable bonds is 9. The summed E-state index contributed by atoms with van der Waals surface area (Å²) in [7, 11) is 0. The average Bonchev–Trinajstić information content (AvgIpc) is 3.29. The monoisotopic (exact) mass is 520 g/mol. The van der Waals surface area contributed by atoms with Gasteiger partial charge in [-0.25, -0.2) is 9.59 Å². The molecule has 0 spiro atoms. The molecule has 3 N–H and O–H groups in total. The number of hydrogen-bond acceptors (Lipinski definition) is 4. The highest BCUT2D eigenvalue weighted by molar-refractivity contribution is 5.94. The fraction of sp³-hybridized carbons (Fsp3) is 0.156. The van der Waals surface area contributed by atoms with E-state index in [2.05, 4.69) is 22.8 Å². The zero-order chi connectivity index (χ0) is 27.2. The van der Waals surface area contributed by atoms with Gasteiger partial charge in [-0.3, -0.25) is 4.79 Å². The molecule has 1 aliphatic carbocycles. The van der Waals surface area contributed by atoms with Crippen LogP contribution in [0.1, 0.15) is 38.5 Å². The Bertz CT molecular complexity index is 1440. The average molecular weight is 521 g/mol. The van der Waals surface area contributed by atoms with E-state index in [1.165, 1.54) is 0 Å². The number of fused-ring (bicyclic) bond motifs is 3. The minimum Gasteiger partial charge on any atom is -0.480 e. The van der Waals surface area contributed by atoms with Crippen molar-refractivity contribution in [1.29, 1.82) is 0 Å². The van der Waals surface area contributed by atoms with Crippen LogP contribution in [0.15, 0.2) is 103 Å². The third-order valence-electron chi connectivity index (χ3n) is 6.89. The molecule has 7 nitrogen and oxygen atoms in total. The van der Waals surface area contributed by atoms with E-state index in [0.29, 0.717) is 12.1 Å². The van der Waals surface area contributed by atoms with Crippen LogP contribution in [0.4, 0.5) is 4.79 Å². The number of carbonyl (C=O) groups is 3. The summed E-state index contributed by atoms with van der Waals surface area (Å²) in [4.78, 5) is 36.7. The summed E-state index contributed by atoms with van der Waals surface area (Å²) in [6, 6.07) is 31.1. The summed E-state index contributed by atoms with van der Waals surface area (Å²) in [5.74, 6) is -1.43. The first-order valence-corrected chi connectivity index (χ1v) is 12.7.